The number of carbonyl (C=O) groups is 3. The van der Waals surface area contributed by atoms with Crippen LogP contribution in [0.25, 0.3) is 0 Å². The van der Waals surface area contributed by atoms with Crippen LogP contribution in [0.1, 0.15) is 23.2 Å². The third kappa shape index (κ3) is 4.28. The number of halogens is 1. The summed E-state index contributed by atoms with van der Waals surface area (Å²) in [6, 6.07) is 1.58. The van der Waals surface area contributed by atoms with Gasteiger partial charge in [-0.2, -0.15) is 0 Å². The molecule has 0 saturated carbocycles. The molecule has 1 N–H and O–H groups in total. The minimum atomic E-state index is -0.882. The zero-order valence-corrected chi connectivity index (χ0v) is 14.3. The molecule has 1 aromatic heterocycles. The molecule has 7 nitrogen and oxygen atoms in total. The zero-order valence-electron chi connectivity index (χ0n) is 12.7. The van der Waals surface area contributed by atoms with Gasteiger partial charge in [0.2, 0.25) is 5.91 Å². The van der Waals surface area contributed by atoms with Gasteiger partial charge in [-0.05, 0) is 34.8 Å². The Morgan fingerprint density at radius 3 is 2.87 bits per heavy atom. The maximum atomic E-state index is 12.4. The average Bonchev–Trinajstić information content (AvgIpc) is 2.54. The molecule has 8 heteroatoms. The van der Waals surface area contributed by atoms with Crippen molar-refractivity contribution >= 4 is 33.7 Å². The Labute approximate surface area is 142 Å². The largest absolute Gasteiger partial charge is 0.481 e. The monoisotopic (exact) mass is 383 g/mol. The molecule has 1 atom stereocenters. The number of aliphatic carboxylic acids is 1. The smallest absolute Gasteiger partial charge is 0.308 e. The molecule has 23 heavy (non-hydrogen) atoms. The number of carboxylic acids is 1. The van der Waals surface area contributed by atoms with Crippen molar-refractivity contribution in [2.24, 2.45) is 5.92 Å². The lowest BCUT2D eigenvalue weighted by molar-refractivity contribution is -0.145. The van der Waals surface area contributed by atoms with Crippen LogP contribution in [0.5, 0.6) is 0 Å². The van der Waals surface area contributed by atoms with Gasteiger partial charge in [0.15, 0.2) is 0 Å². The fraction of sp³-hybridized carbons (Fsp3) is 0.467. The average molecular weight is 384 g/mol. The summed E-state index contributed by atoms with van der Waals surface area (Å²) in [6.07, 6.45) is 4.27. The number of carbonyl (C=O) groups excluding carboxylic acids is 2. The van der Waals surface area contributed by atoms with Gasteiger partial charge in [-0.1, -0.05) is 0 Å². The van der Waals surface area contributed by atoms with Gasteiger partial charge in [0, 0.05) is 37.0 Å². The summed E-state index contributed by atoms with van der Waals surface area (Å²) in [5, 5.41) is 9.07. The molecule has 0 bridgehead atoms. The fourth-order valence-corrected chi connectivity index (χ4v) is 2.95. The van der Waals surface area contributed by atoms with Crippen molar-refractivity contribution in [3.8, 4) is 0 Å². The van der Waals surface area contributed by atoms with E-state index in [2.05, 4.69) is 20.9 Å². The molecule has 0 spiro atoms. The third-order valence-electron chi connectivity index (χ3n) is 3.85. The second kappa shape index (κ2) is 7.54. The third-order valence-corrected chi connectivity index (χ3v) is 4.48. The molecular weight excluding hydrogens is 366 g/mol. The zero-order chi connectivity index (χ0) is 17.0. The highest BCUT2D eigenvalue weighted by Crippen LogP contribution is 2.18. The summed E-state index contributed by atoms with van der Waals surface area (Å²) in [5.74, 6) is -1.94. The van der Waals surface area contributed by atoms with Crippen LogP contribution in [0.2, 0.25) is 0 Å². The van der Waals surface area contributed by atoms with E-state index in [1.807, 2.05) is 0 Å². The van der Waals surface area contributed by atoms with Crippen LogP contribution < -0.4 is 0 Å². The summed E-state index contributed by atoms with van der Waals surface area (Å²) in [4.78, 5) is 42.5. The first-order chi connectivity index (χ1) is 10.9. The van der Waals surface area contributed by atoms with E-state index in [0.29, 0.717) is 29.4 Å². The fourth-order valence-electron chi connectivity index (χ4n) is 2.53. The number of rotatable bonds is 4. The van der Waals surface area contributed by atoms with Gasteiger partial charge >= 0.3 is 5.97 Å². The number of carboxylic acid groups (broad SMARTS) is 1. The molecule has 1 saturated heterocycles. The highest BCUT2D eigenvalue weighted by atomic mass is 79.9. The van der Waals surface area contributed by atoms with E-state index >= 15 is 0 Å². The van der Waals surface area contributed by atoms with Crippen molar-refractivity contribution < 1.29 is 19.5 Å². The van der Waals surface area contributed by atoms with E-state index in [1.165, 1.54) is 22.2 Å². The molecule has 1 fully saturated rings. The SMILES string of the molecule is CN(CC(=O)N1CCCC(C(=O)O)C1)C(=O)c1ccncc1Br. The summed E-state index contributed by atoms with van der Waals surface area (Å²) in [5.41, 5.74) is 0.428. The number of likely N-dealkylation sites (N-methyl/N-ethyl adjacent to an activating group) is 1. The lowest BCUT2D eigenvalue weighted by Gasteiger charge is -2.32. The highest BCUT2D eigenvalue weighted by Gasteiger charge is 2.29. The van der Waals surface area contributed by atoms with Gasteiger partial charge in [0.05, 0.1) is 18.0 Å². The van der Waals surface area contributed by atoms with Gasteiger partial charge in [-0.15, -0.1) is 0 Å². The molecule has 2 rings (SSSR count). The van der Waals surface area contributed by atoms with Crippen LogP contribution in [0.15, 0.2) is 22.9 Å². The number of hydrogen-bond acceptors (Lipinski definition) is 4. The molecular formula is C15H18BrN3O4. The van der Waals surface area contributed by atoms with Crippen molar-refractivity contribution in [2.75, 3.05) is 26.7 Å². The van der Waals surface area contributed by atoms with E-state index in [-0.39, 0.29) is 24.9 Å². The van der Waals surface area contributed by atoms with Gasteiger partial charge in [-0.3, -0.25) is 19.4 Å². The standard InChI is InChI=1S/C15H18BrN3O4/c1-18(14(21)11-4-5-17-7-12(11)16)9-13(20)19-6-2-3-10(8-19)15(22)23/h4-5,7,10H,2-3,6,8-9H2,1H3,(H,22,23). The van der Waals surface area contributed by atoms with E-state index < -0.39 is 11.9 Å². The second-order valence-electron chi connectivity index (χ2n) is 5.53. The molecule has 1 aliphatic rings. The Morgan fingerprint density at radius 2 is 2.22 bits per heavy atom. The second-order valence-corrected chi connectivity index (χ2v) is 6.39. The Hall–Kier alpha value is -1.96. The maximum Gasteiger partial charge on any atom is 0.308 e. The van der Waals surface area contributed by atoms with Crippen molar-refractivity contribution in [1.29, 1.82) is 0 Å². The number of amides is 2. The number of pyridine rings is 1. The van der Waals surface area contributed by atoms with Gasteiger partial charge in [0.25, 0.3) is 5.91 Å². The molecule has 2 heterocycles. The highest BCUT2D eigenvalue weighted by molar-refractivity contribution is 9.10. The Morgan fingerprint density at radius 1 is 1.48 bits per heavy atom. The van der Waals surface area contributed by atoms with E-state index in [9.17, 15) is 14.4 Å². The Bertz CT molecular complexity index is 622. The number of piperidine rings is 1. The van der Waals surface area contributed by atoms with Gasteiger partial charge < -0.3 is 14.9 Å². The Kier molecular flexibility index (Phi) is 5.70. The summed E-state index contributed by atoms with van der Waals surface area (Å²) in [7, 11) is 1.55. The van der Waals surface area contributed by atoms with Crippen LogP contribution >= 0.6 is 15.9 Å². The molecule has 0 aromatic carbocycles. The first-order valence-corrected chi connectivity index (χ1v) is 8.05. The molecule has 2 amide bonds. The molecule has 1 aromatic rings. The number of aromatic nitrogens is 1. The lowest BCUT2D eigenvalue weighted by Crippen LogP contribution is -2.46. The van der Waals surface area contributed by atoms with Crippen LogP contribution in [0, 0.1) is 5.92 Å². The topological polar surface area (TPSA) is 90.8 Å². The first-order valence-electron chi connectivity index (χ1n) is 7.25. The molecule has 1 unspecified atom stereocenters. The van der Waals surface area contributed by atoms with Crippen LogP contribution in [-0.4, -0.2) is 64.4 Å². The minimum Gasteiger partial charge on any atom is -0.481 e. The maximum absolute atomic E-state index is 12.4. The van der Waals surface area contributed by atoms with Crippen molar-refractivity contribution in [3.63, 3.8) is 0 Å². The predicted octanol–water partition coefficient (Wildman–Crippen LogP) is 1.24. The number of nitrogens with zero attached hydrogens (tertiary/aromatic N) is 3. The van der Waals surface area contributed by atoms with Crippen LogP contribution in [-0.2, 0) is 9.59 Å². The van der Waals surface area contributed by atoms with Crippen LogP contribution in [0.3, 0.4) is 0 Å². The van der Waals surface area contributed by atoms with Gasteiger partial charge in [0.1, 0.15) is 0 Å². The van der Waals surface area contributed by atoms with Crippen molar-refractivity contribution in [2.45, 2.75) is 12.8 Å². The number of hydrogen-bond donors (Lipinski definition) is 1. The molecule has 1 aliphatic heterocycles. The molecule has 124 valence electrons. The first kappa shape index (κ1) is 17.4. The summed E-state index contributed by atoms with van der Waals surface area (Å²) < 4.78 is 0.563. The van der Waals surface area contributed by atoms with Crippen LogP contribution in [0.4, 0.5) is 0 Å². The molecule has 0 aliphatic carbocycles. The Balaban J connectivity index is 1.98. The normalized spacial score (nSPS) is 17.7. The summed E-state index contributed by atoms with van der Waals surface area (Å²) in [6.45, 7) is 0.651. The van der Waals surface area contributed by atoms with Crippen molar-refractivity contribution in [3.05, 3.63) is 28.5 Å². The minimum absolute atomic E-state index is 0.0834. The van der Waals surface area contributed by atoms with Gasteiger partial charge in [-0.25, -0.2) is 0 Å². The van der Waals surface area contributed by atoms with E-state index in [0.717, 1.165) is 0 Å². The summed E-state index contributed by atoms with van der Waals surface area (Å²) >= 11 is 3.26. The van der Waals surface area contributed by atoms with E-state index in [1.54, 1.807) is 13.1 Å². The predicted molar refractivity (Wildman–Crippen MR) is 85.8 cm³/mol. The number of likely N-dealkylation sites (tertiary alicyclic amines) is 1. The molecule has 0 radical (unpaired) electrons. The van der Waals surface area contributed by atoms with E-state index in [4.69, 9.17) is 5.11 Å². The van der Waals surface area contributed by atoms with Crippen molar-refractivity contribution in [1.82, 2.24) is 14.8 Å². The quantitative estimate of drug-likeness (QED) is 0.844. The lowest BCUT2D eigenvalue weighted by atomic mass is 9.98.